The Hall–Kier alpha value is -2.79. The van der Waals surface area contributed by atoms with Gasteiger partial charge >= 0.3 is 6.18 Å². The molecule has 0 bridgehead atoms. The topological polar surface area (TPSA) is 95.6 Å². The second kappa shape index (κ2) is 9.37. The molecule has 1 aliphatic rings. The maximum Gasteiger partial charge on any atom is 0.405 e. The molecule has 2 amide bonds. The van der Waals surface area contributed by atoms with Crippen molar-refractivity contribution in [2.75, 3.05) is 24.4 Å². The number of carbonyl (C=O) groups is 2. The number of nitrogens with one attached hydrogen (secondary N) is 2. The second-order valence-corrected chi connectivity index (χ2v) is 9.24. The average Bonchev–Trinajstić information content (AvgIpc) is 3.27. The van der Waals surface area contributed by atoms with Crippen molar-refractivity contribution >= 4 is 39.1 Å². The number of amides is 2. The highest BCUT2D eigenvalue weighted by Crippen LogP contribution is 2.26. The maximum atomic E-state index is 12.8. The van der Waals surface area contributed by atoms with Crippen molar-refractivity contribution in [2.24, 2.45) is 0 Å². The zero-order valence-corrected chi connectivity index (χ0v) is 18.1. The predicted molar refractivity (Wildman–Crippen MR) is 112 cm³/mol. The first-order valence-electron chi connectivity index (χ1n) is 9.53. The summed E-state index contributed by atoms with van der Waals surface area (Å²) in [6, 6.07) is 8.56. The van der Waals surface area contributed by atoms with Gasteiger partial charge < -0.3 is 10.2 Å². The number of nitrogens with zero attached hydrogens (tertiary/aromatic N) is 1. The van der Waals surface area contributed by atoms with Gasteiger partial charge in [0, 0.05) is 23.7 Å². The summed E-state index contributed by atoms with van der Waals surface area (Å²) in [6.07, 6.45) is -2.85. The molecule has 7 nitrogen and oxygen atoms in total. The lowest BCUT2D eigenvalue weighted by molar-refractivity contribution is -0.123. The molecule has 172 valence electrons. The molecule has 1 saturated heterocycles. The van der Waals surface area contributed by atoms with E-state index < -0.39 is 28.7 Å². The van der Waals surface area contributed by atoms with E-state index in [0.29, 0.717) is 13.1 Å². The Morgan fingerprint density at radius 3 is 2.25 bits per heavy atom. The van der Waals surface area contributed by atoms with Gasteiger partial charge in [-0.05, 0) is 55.3 Å². The van der Waals surface area contributed by atoms with E-state index in [2.05, 4.69) is 4.72 Å². The highest BCUT2D eigenvalue weighted by atomic mass is 35.5. The molecular formula is C20H19ClF3N3O4S. The molecule has 2 aromatic carbocycles. The Morgan fingerprint density at radius 1 is 1.03 bits per heavy atom. The number of alkyl halides is 3. The van der Waals surface area contributed by atoms with Gasteiger partial charge in [0.15, 0.2) is 0 Å². The van der Waals surface area contributed by atoms with Crippen molar-refractivity contribution in [3.8, 4) is 0 Å². The molecule has 1 heterocycles. The summed E-state index contributed by atoms with van der Waals surface area (Å²) in [5, 5.41) is 1.97. The van der Waals surface area contributed by atoms with E-state index >= 15 is 0 Å². The molecule has 2 aromatic rings. The van der Waals surface area contributed by atoms with Crippen molar-refractivity contribution in [2.45, 2.75) is 23.9 Å². The lowest BCUT2D eigenvalue weighted by Crippen LogP contribution is -2.33. The van der Waals surface area contributed by atoms with Gasteiger partial charge in [0.25, 0.3) is 21.8 Å². The van der Waals surface area contributed by atoms with Gasteiger partial charge in [-0.2, -0.15) is 13.2 Å². The Morgan fingerprint density at radius 2 is 1.66 bits per heavy atom. The van der Waals surface area contributed by atoms with Crippen LogP contribution in [0.25, 0.3) is 0 Å². The van der Waals surface area contributed by atoms with Crippen molar-refractivity contribution in [1.82, 2.24) is 10.2 Å². The molecule has 32 heavy (non-hydrogen) atoms. The maximum absolute atomic E-state index is 12.8. The van der Waals surface area contributed by atoms with Crippen LogP contribution in [0.5, 0.6) is 0 Å². The third kappa shape index (κ3) is 5.92. The monoisotopic (exact) mass is 489 g/mol. The summed E-state index contributed by atoms with van der Waals surface area (Å²) in [5.41, 5.74) is 0.00835. The molecule has 0 unspecified atom stereocenters. The summed E-state index contributed by atoms with van der Waals surface area (Å²) in [6.45, 7) is -0.372. The van der Waals surface area contributed by atoms with Crippen molar-refractivity contribution < 1.29 is 31.2 Å². The van der Waals surface area contributed by atoms with Gasteiger partial charge in [0.2, 0.25) is 0 Å². The van der Waals surface area contributed by atoms with E-state index in [1.54, 1.807) is 10.2 Å². The standard InChI is InChI=1S/C20H19ClF3N3O4S/c21-14-5-8-17(16(11-14)19(29)27-9-1-2-10-27)26-32(30,31)15-6-3-13(4-7-15)18(28)25-12-20(22,23)24/h3-8,11,26H,1-2,9-10,12H2,(H,25,28). The van der Waals surface area contributed by atoms with E-state index in [9.17, 15) is 31.2 Å². The number of hydrogen-bond acceptors (Lipinski definition) is 4. The number of rotatable bonds is 6. The molecule has 0 spiro atoms. The molecule has 1 fully saturated rings. The van der Waals surface area contributed by atoms with E-state index in [1.807, 2.05) is 0 Å². The fraction of sp³-hybridized carbons (Fsp3) is 0.300. The summed E-state index contributed by atoms with van der Waals surface area (Å²) in [4.78, 5) is 26.0. The minimum atomic E-state index is -4.56. The van der Waals surface area contributed by atoms with E-state index in [0.717, 1.165) is 37.1 Å². The summed E-state index contributed by atoms with van der Waals surface area (Å²) in [7, 11) is -4.16. The van der Waals surface area contributed by atoms with Gasteiger partial charge in [-0.25, -0.2) is 8.42 Å². The highest BCUT2D eigenvalue weighted by molar-refractivity contribution is 7.92. The predicted octanol–water partition coefficient (Wildman–Crippen LogP) is 3.67. The number of benzene rings is 2. The lowest BCUT2D eigenvalue weighted by atomic mass is 10.1. The Labute approximate surface area is 187 Å². The van der Waals surface area contributed by atoms with E-state index in [1.165, 1.54) is 18.2 Å². The van der Waals surface area contributed by atoms with Crippen molar-refractivity contribution in [3.05, 3.63) is 58.6 Å². The van der Waals surface area contributed by atoms with Crippen molar-refractivity contribution in [3.63, 3.8) is 0 Å². The molecule has 12 heteroatoms. The van der Waals surface area contributed by atoms with Crippen LogP contribution < -0.4 is 10.0 Å². The van der Waals surface area contributed by atoms with Crippen LogP contribution >= 0.6 is 11.6 Å². The van der Waals surface area contributed by atoms with E-state index in [-0.39, 0.29) is 32.6 Å². The fourth-order valence-electron chi connectivity index (χ4n) is 3.14. The highest BCUT2D eigenvalue weighted by Gasteiger charge is 2.28. The molecular weight excluding hydrogens is 471 g/mol. The Balaban J connectivity index is 1.79. The molecule has 3 rings (SSSR count). The van der Waals surface area contributed by atoms with Crippen LogP contribution in [0.1, 0.15) is 33.6 Å². The van der Waals surface area contributed by atoms with Gasteiger partial charge in [0.1, 0.15) is 6.54 Å². The largest absolute Gasteiger partial charge is 0.405 e. The number of anilines is 1. The van der Waals surface area contributed by atoms with Gasteiger partial charge in [-0.3, -0.25) is 14.3 Å². The van der Waals surface area contributed by atoms with Gasteiger partial charge in [-0.1, -0.05) is 11.6 Å². The zero-order valence-electron chi connectivity index (χ0n) is 16.6. The molecule has 0 aliphatic carbocycles. The third-order valence-corrected chi connectivity index (χ3v) is 6.34. The van der Waals surface area contributed by atoms with Crippen LogP contribution in [0.2, 0.25) is 5.02 Å². The zero-order chi connectivity index (χ0) is 23.5. The van der Waals surface area contributed by atoms with Crippen LogP contribution in [0.3, 0.4) is 0 Å². The first kappa shape index (κ1) is 23.9. The fourth-order valence-corrected chi connectivity index (χ4v) is 4.40. The van der Waals surface area contributed by atoms with Crippen LogP contribution in [0.15, 0.2) is 47.4 Å². The molecule has 0 radical (unpaired) electrons. The number of hydrogen-bond donors (Lipinski definition) is 2. The molecule has 1 aliphatic heterocycles. The van der Waals surface area contributed by atoms with Crippen LogP contribution in [0.4, 0.5) is 18.9 Å². The smallest absolute Gasteiger partial charge is 0.343 e. The Bertz CT molecular complexity index is 1120. The minimum absolute atomic E-state index is 0.0401. The average molecular weight is 490 g/mol. The van der Waals surface area contributed by atoms with Crippen LogP contribution in [0, 0.1) is 0 Å². The molecule has 0 aromatic heterocycles. The third-order valence-electron chi connectivity index (χ3n) is 4.73. The Kier molecular flexibility index (Phi) is 6.99. The normalized spacial score (nSPS) is 14.3. The first-order valence-corrected chi connectivity index (χ1v) is 11.4. The van der Waals surface area contributed by atoms with Crippen LogP contribution in [-0.4, -0.2) is 50.9 Å². The summed E-state index contributed by atoms with van der Waals surface area (Å²) < 4.78 is 64.7. The lowest BCUT2D eigenvalue weighted by Gasteiger charge is -2.18. The van der Waals surface area contributed by atoms with Gasteiger partial charge in [0.05, 0.1) is 16.1 Å². The molecule has 0 atom stereocenters. The summed E-state index contributed by atoms with van der Waals surface area (Å²) in [5.74, 6) is -1.34. The van der Waals surface area contributed by atoms with Crippen LogP contribution in [-0.2, 0) is 10.0 Å². The quantitative estimate of drug-likeness (QED) is 0.647. The molecule has 0 saturated carbocycles. The van der Waals surface area contributed by atoms with Gasteiger partial charge in [-0.15, -0.1) is 0 Å². The number of sulfonamides is 1. The number of likely N-dealkylation sites (tertiary alicyclic amines) is 1. The minimum Gasteiger partial charge on any atom is -0.343 e. The van der Waals surface area contributed by atoms with Crippen molar-refractivity contribution in [1.29, 1.82) is 0 Å². The second-order valence-electron chi connectivity index (χ2n) is 7.12. The molecule has 2 N–H and O–H groups in total. The number of carbonyl (C=O) groups excluding carboxylic acids is 2. The van der Waals surface area contributed by atoms with E-state index in [4.69, 9.17) is 11.6 Å². The number of halogens is 4. The first-order chi connectivity index (χ1) is 15.0. The SMILES string of the molecule is O=C(NCC(F)(F)F)c1ccc(S(=O)(=O)Nc2ccc(Cl)cc2C(=O)N2CCCC2)cc1. The summed E-state index contributed by atoms with van der Waals surface area (Å²) >= 11 is 6.00.